The highest BCUT2D eigenvalue weighted by Crippen LogP contribution is 2.74. The molecule has 4 aliphatic carbocycles. The van der Waals surface area contributed by atoms with Crippen LogP contribution in [0.1, 0.15) is 86.5 Å². The molecule has 0 aromatic rings. The van der Waals surface area contributed by atoms with Crippen LogP contribution in [-0.2, 0) is 23.8 Å². The molecule has 0 aromatic heterocycles. The summed E-state index contributed by atoms with van der Waals surface area (Å²) in [5.41, 5.74) is 1.02. The summed E-state index contributed by atoms with van der Waals surface area (Å²) in [6.45, 7) is 13.7. The predicted octanol–water partition coefficient (Wildman–Crippen LogP) is 5.67. The van der Waals surface area contributed by atoms with Gasteiger partial charge in [-0.3, -0.25) is 4.79 Å². The quantitative estimate of drug-likeness (QED) is 0.499. The van der Waals surface area contributed by atoms with Crippen molar-refractivity contribution >= 4 is 11.9 Å². The molecule has 0 bridgehead atoms. The maximum atomic E-state index is 12.7. The van der Waals surface area contributed by atoms with E-state index in [0.717, 1.165) is 18.4 Å². The second-order valence-electron chi connectivity index (χ2n) is 13.1. The molecule has 1 heterocycles. The van der Waals surface area contributed by atoms with Crippen LogP contribution in [-0.4, -0.2) is 31.4 Å². The smallest absolute Gasteiger partial charge is 0.336 e. The van der Waals surface area contributed by atoms with Crippen molar-refractivity contribution in [2.75, 3.05) is 7.11 Å². The molecular formula is C28H42O5. The molecular weight excluding hydrogens is 416 g/mol. The van der Waals surface area contributed by atoms with Crippen molar-refractivity contribution in [1.29, 1.82) is 0 Å². The van der Waals surface area contributed by atoms with Crippen molar-refractivity contribution in [3.63, 3.8) is 0 Å². The Hall–Kier alpha value is -1.36. The van der Waals surface area contributed by atoms with Crippen LogP contribution >= 0.6 is 0 Å². The fourth-order valence-corrected chi connectivity index (χ4v) is 10.1. The van der Waals surface area contributed by atoms with Crippen LogP contribution in [0.3, 0.4) is 0 Å². The zero-order chi connectivity index (χ0) is 24.0. The van der Waals surface area contributed by atoms with E-state index in [1.54, 1.807) is 7.11 Å². The Balaban J connectivity index is 1.64. The summed E-state index contributed by atoms with van der Waals surface area (Å²) in [6.07, 6.45) is 9.23. The van der Waals surface area contributed by atoms with Gasteiger partial charge in [-0.05, 0) is 72.5 Å². The zero-order valence-corrected chi connectivity index (χ0v) is 21.5. The molecule has 0 aromatic carbocycles. The molecule has 1 saturated heterocycles. The number of allylic oxidation sites excluding steroid dienone is 1. The summed E-state index contributed by atoms with van der Waals surface area (Å²) in [6, 6.07) is 0. The van der Waals surface area contributed by atoms with Gasteiger partial charge in [-0.15, -0.1) is 0 Å². The van der Waals surface area contributed by atoms with Gasteiger partial charge in [-0.2, -0.15) is 0 Å². The first-order valence-corrected chi connectivity index (χ1v) is 13.0. The van der Waals surface area contributed by atoms with Crippen molar-refractivity contribution in [2.24, 2.45) is 45.3 Å². The normalized spacial score (nSPS) is 50.2. The van der Waals surface area contributed by atoms with E-state index in [-0.39, 0.29) is 34.8 Å². The van der Waals surface area contributed by atoms with E-state index in [1.165, 1.54) is 39.0 Å². The maximum Gasteiger partial charge on any atom is 0.336 e. The number of fused-ring (bicyclic) bond motifs is 7. The van der Waals surface area contributed by atoms with Gasteiger partial charge in [0.05, 0.1) is 5.92 Å². The van der Waals surface area contributed by atoms with Crippen molar-refractivity contribution in [3.05, 3.63) is 11.6 Å². The fraction of sp³-hybridized carbons (Fsp3) is 0.857. The fourth-order valence-electron chi connectivity index (χ4n) is 10.1. The minimum Gasteiger partial charge on any atom is -0.462 e. The highest BCUT2D eigenvalue weighted by Gasteiger charge is 2.71. The predicted molar refractivity (Wildman–Crippen MR) is 125 cm³/mol. The number of methoxy groups -OCH3 is 1. The van der Waals surface area contributed by atoms with Crippen molar-refractivity contribution in [2.45, 2.75) is 98.9 Å². The van der Waals surface area contributed by atoms with Crippen LogP contribution in [0.15, 0.2) is 11.6 Å². The van der Waals surface area contributed by atoms with Gasteiger partial charge in [0.15, 0.2) is 0 Å². The molecule has 1 aliphatic heterocycles. The third-order valence-corrected chi connectivity index (χ3v) is 11.4. The molecule has 0 amide bonds. The van der Waals surface area contributed by atoms with Crippen LogP contribution in [0, 0.1) is 45.3 Å². The molecule has 33 heavy (non-hydrogen) atoms. The summed E-state index contributed by atoms with van der Waals surface area (Å²) in [5.74, 6) is 0.767. The number of carbonyl (C=O) groups is 2. The Morgan fingerprint density at radius 2 is 1.73 bits per heavy atom. The lowest BCUT2D eigenvalue weighted by atomic mass is 9.34. The Morgan fingerprint density at radius 3 is 2.39 bits per heavy atom. The SMILES string of the molecule is CO[C@@H]1OC(=O)C2=CCC3[C@]4(C)CCC5C(C)(C)CCC[C@]5(C)C4C[C@H](OC(C)=O)[C@]3(C)C21. The summed E-state index contributed by atoms with van der Waals surface area (Å²) in [5, 5.41) is 0. The van der Waals surface area contributed by atoms with Gasteiger partial charge < -0.3 is 14.2 Å². The highest BCUT2D eigenvalue weighted by atomic mass is 16.7. The number of rotatable bonds is 2. The number of cyclic esters (lactones) is 1. The zero-order valence-electron chi connectivity index (χ0n) is 21.5. The lowest BCUT2D eigenvalue weighted by Crippen LogP contribution is -2.67. The van der Waals surface area contributed by atoms with E-state index < -0.39 is 11.7 Å². The minimum absolute atomic E-state index is 0.121. The van der Waals surface area contributed by atoms with Crippen LogP contribution < -0.4 is 0 Å². The van der Waals surface area contributed by atoms with Gasteiger partial charge in [-0.1, -0.05) is 47.1 Å². The first-order chi connectivity index (χ1) is 15.4. The number of esters is 2. The average molecular weight is 459 g/mol. The van der Waals surface area contributed by atoms with Crippen LogP contribution in [0.4, 0.5) is 0 Å². The van der Waals surface area contributed by atoms with Crippen LogP contribution in [0.2, 0.25) is 0 Å². The molecule has 0 radical (unpaired) electrons. The maximum absolute atomic E-state index is 12.7. The molecule has 4 unspecified atom stereocenters. The molecule has 4 fully saturated rings. The standard InChI is InChI=1S/C28H42O5/c1-16(29)32-21-15-20-26(4)13-8-12-25(2,3)18(26)11-14-27(20,5)19-10-9-17-22(28(19,21)6)24(31-7)33-23(17)30/h9,18-22,24H,8,10-15H2,1-7H3/t18?,19?,20?,21-,22?,24+,26-,27-,28+/m0/s1. The summed E-state index contributed by atoms with van der Waals surface area (Å²) in [7, 11) is 1.61. The average Bonchev–Trinajstić information content (AvgIpc) is 3.05. The second-order valence-corrected chi connectivity index (χ2v) is 13.1. The lowest BCUT2D eigenvalue weighted by molar-refractivity contribution is -0.254. The Kier molecular flexibility index (Phi) is 5.19. The molecule has 9 atom stereocenters. The molecule has 184 valence electrons. The van der Waals surface area contributed by atoms with Gasteiger partial charge in [0.25, 0.3) is 0 Å². The number of carbonyl (C=O) groups excluding carboxylic acids is 2. The van der Waals surface area contributed by atoms with Crippen molar-refractivity contribution in [3.8, 4) is 0 Å². The molecule has 5 heteroatoms. The molecule has 5 aliphatic rings. The molecule has 3 saturated carbocycles. The van der Waals surface area contributed by atoms with E-state index in [4.69, 9.17) is 14.2 Å². The summed E-state index contributed by atoms with van der Waals surface area (Å²) >= 11 is 0. The van der Waals surface area contributed by atoms with Crippen molar-refractivity contribution in [1.82, 2.24) is 0 Å². The van der Waals surface area contributed by atoms with E-state index in [1.807, 2.05) is 0 Å². The van der Waals surface area contributed by atoms with Crippen LogP contribution in [0.5, 0.6) is 0 Å². The van der Waals surface area contributed by atoms with Gasteiger partial charge in [0.1, 0.15) is 6.10 Å². The number of ether oxygens (including phenoxy) is 3. The van der Waals surface area contributed by atoms with Gasteiger partial charge in [0.2, 0.25) is 6.29 Å². The molecule has 5 nitrogen and oxygen atoms in total. The minimum atomic E-state index is -0.615. The van der Waals surface area contributed by atoms with Gasteiger partial charge in [-0.25, -0.2) is 4.79 Å². The number of hydrogen-bond donors (Lipinski definition) is 0. The molecule has 5 rings (SSSR count). The Labute approximate surface area is 199 Å². The second kappa shape index (κ2) is 7.32. The summed E-state index contributed by atoms with van der Waals surface area (Å²) < 4.78 is 17.5. The Morgan fingerprint density at radius 1 is 1.03 bits per heavy atom. The topological polar surface area (TPSA) is 61.8 Å². The molecule has 0 spiro atoms. The first kappa shape index (κ1) is 23.4. The van der Waals surface area contributed by atoms with Gasteiger partial charge in [0, 0.05) is 25.0 Å². The Bertz CT molecular complexity index is 891. The lowest BCUT2D eigenvalue weighted by Gasteiger charge is -2.70. The summed E-state index contributed by atoms with van der Waals surface area (Å²) in [4.78, 5) is 25.1. The van der Waals surface area contributed by atoms with E-state index >= 15 is 0 Å². The molecule has 0 N–H and O–H groups in total. The van der Waals surface area contributed by atoms with E-state index in [9.17, 15) is 9.59 Å². The van der Waals surface area contributed by atoms with Crippen LogP contribution in [0.25, 0.3) is 0 Å². The number of hydrogen-bond acceptors (Lipinski definition) is 5. The third-order valence-electron chi connectivity index (χ3n) is 11.4. The van der Waals surface area contributed by atoms with Gasteiger partial charge >= 0.3 is 11.9 Å². The van der Waals surface area contributed by atoms with Crippen molar-refractivity contribution < 1.29 is 23.8 Å². The highest BCUT2D eigenvalue weighted by molar-refractivity contribution is 5.92. The largest absolute Gasteiger partial charge is 0.462 e. The monoisotopic (exact) mass is 458 g/mol. The van der Waals surface area contributed by atoms with E-state index in [0.29, 0.717) is 23.2 Å². The van der Waals surface area contributed by atoms with E-state index in [2.05, 4.69) is 40.7 Å². The first-order valence-electron chi connectivity index (χ1n) is 13.0. The third kappa shape index (κ3) is 2.99.